The van der Waals surface area contributed by atoms with Crippen LogP contribution < -0.4 is 11.1 Å². The first-order valence-corrected chi connectivity index (χ1v) is 9.91. The molecule has 0 aliphatic carbocycles. The van der Waals surface area contributed by atoms with Gasteiger partial charge in [0.1, 0.15) is 18.1 Å². The Morgan fingerprint density at radius 2 is 1.67 bits per heavy atom. The lowest BCUT2D eigenvalue weighted by Crippen LogP contribution is -2.48. The standard InChI is InChI=1S/C22H32N2O6/c1-14(2)11-17(24-21(28)29-13-15-9-7-6-8-10-15)19(26)16(20(23)27)12-18(25)30-22(3,4)5/h6-10,14,16-17H,11-13H2,1-5H3,(H2,23,27)(H,24,28)/t16?,17-/m0/s1. The molecule has 0 bridgehead atoms. The zero-order chi connectivity index (χ0) is 22.9. The summed E-state index contributed by atoms with van der Waals surface area (Å²) < 4.78 is 10.4. The number of rotatable bonds is 10. The molecule has 0 saturated carbocycles. The number of Topliss-reactive ketones (excluding diaryl/α,β-unsaturated/α-hetero) is 1. The van der Waals surface area contributed by atoms with E-state index in [1.165, 1.54) is 0 Å². The lowest BCUT2D eigenvalue weighted by atomic mass is 9.89. The van der Waals surface area contributed by atoms with Gasteiger partial charge in [-0.15, -0.1) is 0 Å². The molecule has 30 heavy (non-hydrogen) atoms. The van der Waals surface area contributed by atoms with E-state index in [0.717, 1.165) is 5.56 Å². The van der Waals surface area contributed by atoms with E-state index in [1.807, 2.05) is 32.0 Å². The van der Waals surface area contributed by atoms with Crippen LogP contribution in [0.4, 0.5) is 4.79 Å². The van der Waals surface area contributed by atoms with Gasteiger partial charge in [-0.1, -0.05) is 44.2 Å². The molecular weight excluding hydrogens is 388 g/mol. The Hall–Kier alpha value is -2.90. The Balaban J connectivity index is 2.84. The van der Waals surface area contributed by atoms with Crippen LogP contribution >= 0.6 is 0 Å². The number of carbonyl (C=O) groups is 4. The quantitative estimate of drug-likeness (QED) is 0.443. The SMILES string of the molecule is CC(C)C[C@H](NC(=O)OCc1ccccc1)C(=O)C(CC(=O)OC(C)(C)C)C(N)=O. The molecule has 0 aromatic heterocycles. The van der Waals surface area contributed by atoms with Crippen LogP contribution in [0.25, 0.3) is 0 Å². The summed E-state index contributed by atoms with van der Waals surface area (Å²) in [5, 5.41) is 2.50. The first-order chi connectivity index (χ1) is 13.9. The van der Waals surface area contributed by atoms with Crippen molar-refractivity contribution in [2.45, 2.75) is 65.7 Å². The van der Waals surface area contributed by atoms with E-state index >= 15 is 0 Å². The summed E-state index contributed by atoms with van der Waals surface area (Å²) in [5.74, 6) is -3.67. The van der Waals surface area contributed by atoms with E-state index in [4.69, 9.17) is 15.2 Å². The van der Waals surface area contributed by atoms with Crippen molar-refractivity contribution in [2.75, 3.05) is 0 Å². The number of carbonyl (C=O) groups excluding carboxylic acids is 4. The first kappa shape index (κ1) is 25.1. The minimum Gasteiger partial charge on any atom is -0.460 e. The number of esters is 1. The number of benzene rings is 1. The normalized spacial score (nSPS) is 13.3. The van der Waals surface area contributed by atoms with Crippen LogP contribution in [-0.4, -0.2) is 35.4 Å². The van der Waals surface area contributed by atoms with Crippen molar-refractivity contribution in [1.29, 1.82) is 0 Å². The fraction of sp³-hybridized carbons (Fsp3) is 0.545. The Kier molecular flexibility index (Phi) is 9.49. The number of alkyl carbamates (subject to hydrolysis) is 1. The lowest BCUT2D eigenvalue weighted by molar-refractivity contribution is -0.158. The molecule has 1 aromatic carbocycles. The molecule has 0 heterocycles. The summed E-state index contributed by atoms with van der Waals surface area (Å²) in [6.07, 6.45) is -1.02. The van der Waals surface area contributed by atoms with Gasteiger partial charge in [0.2, 0.25) is 5.91 Å². The number of nitrogens with one attached hydrogen (secondary N) is 1. The van der Waals surface area contributed by atoms with Gasteiger partial charge < -0.3 is 20.5 Å². The van der Waals surface area contributed by atoms with Crippen molar-refractivity contribution in [3.63, 3.8) is 0 Å². The van der Waals surface area contributed by atoms with Crippen molar-refractivity contribution >= 4 is 23.8 Å². The molecule has 0 aliphatic rings. The zero-order valence-electron chi connectivity index (χ0n) is 18.3. The molecule has 0 fully saturated rings. The molecule has 0 aliphatic heterocycles. The molecule has 8 heteroatoms. The smallest absolute Gasteiger partial charge is 0.408 e. The van der Waals surface area contributed by atoms with Crippen molar-refractivity contribution in [3.8, 4) is 0 Å². The summed E-state index contributed by atoms with van der Waals surface area (Å²) in [7, 11) is 0. The predicted molar refractivity (Wildman–Crippen MR) is 111 cm³/mol. The largest absolute Gasteiger partial charge is 0.460 e. The molecule has 2 amide bonds. The Labute approximate surface area is 177 Å². The van der Waals surface area contributed by atoms with E-state index in [9.17, 15) is 19.2 Å². The van der Waals surface area contributed by atoms with Crippen LogP contribution in [0, 0.1) is 11.8 Å². The van der Waals surface area contributed by atoms with Gasteiger partial charge in [-0.2, -0.15) is 0 Å². The van der Waals surface area contributed by atoms with Gasteiger partial charge in [-0.3, -0.25) is 14.4 Å². The average Bonchev–Trinajstić information content (AvgIpc) is 2.62. The monoisotopic (exact) mass is 420 g/mol. The van der Waals surface area contributed by atoms with Crippen LogP contribution in [0.5, 0.6) is 0 Å². The van der Waals surface area contributed by atoms with Crippen molar-refractivity contribution in [2.24, 2.45) is 17.6 Å². The Bertz CT molecular complexity index is 740. The number of ketones is 1. The number of hydrogen-bond acceptors (Lipinski definition) is 6. The highest BCUT2D eigenvalue weighted by Crippen LogP contribution is 2.17. The Morgan fingerprint density at radius 3 is 2.17 bits per heavy atom. The van der Waals surface area contributed by atoms with Crippen LogP contribution in [0.3, 0.4) is 0 Å². The van der Waals surface area contributed by atoms with Crippen molar-refractivity contribution in [3.05, 3.63) is 35.9 Å². The number of primary amides is 1. The second kappa shape index (κ2) is 11.3. The summed E-state index contributed by atoms with van der Waals surface area (Å²) in [6, 6.07) is 8.05. The summed E-state index contributed by atoms with van der Waals surface area (Å²) >= 11 is 0. The highest BCUT2D eigenvalue weighted by atomic mass is 16.6. The van der Waals surface area contributed by atoms with Crippen molar-refractivity contribution < 1.29 is 28.7 Å². The third-order valence-corrected chi connectivity index (χ3v) is 4.03. The second-order valence-electron chi connectivity index (χ2n) is 8.54. The van der Waals surface area contributed by atoms with Crippen LogP contribution in [-0.2, 0) is 30.5 Å². The summed E-state index contributed by atoms with van der Waals surface area (Å²) in [6.45, 7) is 8.80. The van der Waals surface area contributed by atoms with E-state index in [0.29, 0.717) is 0 Å². The molecule has 166 valence electrons. The molecular formula is C22H32N2O6. The predicted octanol–water partition coefficient (Wildman–Crippen LogP) is 2.73. The highest BCUT2D eigenvalue weighted by Gasteiger charge is 2.35. The van der Waals surface area contributed by atoms with E-state index in [-0.39, 0.29) is 18.9 Å². The molecule has 2 atom stereocenters. The zero-order valence-corrected chi connectivity index (χ0v) is 18.3. The van der Waals surface area contributed by atoms with Crippen LogP contribution in [0.1, 0.15) is 53.0 Å². The Morgan fingerprint density at radius 1 is 1.07 bits per heavy atom. The average molecular weight is 421 g/mol. The third kappa shape index (κ3) is 9.54. The fourth-order valence-corrected chi connectivity index (χ4v) is 2.76. The molecule has 1 rings (SSSR count). The fourth-order valence-electron chi connectivity index (χ4n) is 2.76. The van der Waals surface area contributed by atoms with Gasteiger partial charge in [0, 0.05) is 0 Å². The van der Waals surface area contributed by atoms with Gasteiger partial charge in [0.15, 0.2) is 5.78 Å². The molecule has 8 nitrogen and oxygen atoms in total. The van der Waals surface area contributed by atoms with Gasteiger partial charge in [0.25, 0.3) is 0 Å². The van der Waals surface area contributed by atoms with Gasteiger partial charge in [-0.25, -0.2) is 4.79 Å². The molecule has 1 unspecified atom stereocenters. The number of hydrogen-bond donors (Lipinski definition) is 2. The topological polar surface area (TPSA) is 125 Å². The molecule has 0 saturated heterocycles. The first-order valence-electron chi connectivity index (χ1n) is 9.91. The number of amides is 2. The third-order valence-electron chi connectivity index (χ3n) is 4.03. The maximum atomic E-state index is 13.0. The minimum absolute atomic E-state index is 0.0310. The van der Waals surface area contributed by atoms with E-state index in [1.54, 1.807) is 32.9 Å². The molecule has 0 spiro atoms. The number of ether oxygens (including phenoxy) is 2. The summed E-state index contributed by atoms with van der Waals surface area (Å²) in [5.41, 5.74) is 5.40. The maximum absolute atomic E-state index is 13.0. The number of nitrogens with two attached hydrogens (primary N) is 1. The highest BCUT2D eigenvalue weighted by molar-refractivity contribution is 6.06. The minimum atomic E-state index is -1.40. The lowest BCUT2D eigenvalue weighted by Gasteiger charge is -2.24. The second-order valence-corrected chi connectivity index (χ2v) is 8.54. The van der Waals surface area contributed by atoms with Gasteiger partial charge in [0.05, 0.1) is 12.5 Å². The van der Waals surface area contributed by atoms with Gasteiger partial charge >= 0.3 is 12.1 Å². The molecule has 0 radical (unpaired) electrons. The van der Waals surface area contributed by atoms with Crippen LogP contribution in [0.15, 0.2) is 30.3 Å². The van der Waals surface area contributed by atoms with E-state index < -0.39 is 47.7 Å². The van der Waals surface area contributed by atoms with Gasteiger partial charge in [-0.05, 0) is 38.7 Å². The van der Waals surface area contributed by atoms with Crippen LogP contribution in [0.2, 0.25) is 0 Å². The molecule has 1 aromatic rings. The molecule has 3 N–H and O–H groups in total. The van der Waals surface area contributed by atoms with E-state index in [2.05, 4.69) is 5.32 Å². The maximum Gasteiger partial charge on any atom is 0.408 e. The summed E-state index contributed by atoms with van der Waals surface area (Å²) in [4.78, 5) is 49.2. The van der Waals surface area contributed by atoms with Crippen molar-refractivity contribution in [1.82, 2.24) is 5.32 Å².